The second kappa shape index (κ2) is 7.82. The first-order valence-corrected chi connectivity index (χ1v) is 8.78. The lowest BCUT2D eigenvalue weighted by Gasteiger charge is -2.30. The first-order chi connectivity index (χ1) is 13.6. The van der Waals surface area contributed by atoms with Crippen LogP contribution in [0.3, 0.4) is 0 Å². The van der Waals surface area contributed by atoms with Gasteiger partial charge in [-0.2, -0.15) is 18.4 Å². The molecule has 1 unspecified atom stereocenters. The average Bonchev–Trinajstić information content (AvgIpc) is 2.67. The van der Waals surface area contributed by atoms with Crippen molar-refractivity contribution in [2.45, 2.75) is 18.1 Å². The molecule has 29 heavy (non-hydrogen) atoms. The normalized spacial score (nSPS) is 13.6. The summed E-state index contributed by atoms with van der Waals surface area (Å²) in [6, 6.07) is 13.6. The molecule has 2 N–H and O–H groups in total. The van der Waals surface area contributed by atoms with E-state index in [2.05, 4.69) is 4.98 Å². The fourth-order valence-electron chi connectivity index (χ4n) is 3.06. The lowest BCUT2D eigenvalue weighted by atomic mass is 9.80. The molecule has 0 bridgehead atoms. The highest BCUT2D eigenvalue weighted by Gasteiger charge is 2.37. The number of alkyl halides is 3. The van der Waals surface area contributed by atoms with Gasteiger partial charge in [-0.25, -0.2) is 4.39 Å². The fraction of sp³-hybridized carbons (Fsp3) is 0.143. The van der Waals surface area contributed by atoms with E-state index < -0.39 is 23.1 Å². The van der Waals surface area contributed by atoms with Crippen LogP contribution in [0.5, 0.6) is 0 Å². The molecule has 0 aliphatic carbocycles. The Morgan fingerprint density at radius 1 is 1.03 bits per heavy atom. The van der Waals surface area contributed by atoms with E-state index in [1.165, 1.54) is 18.3 Å². The number of hydrogen-bond donors (Lipinski definition) is 1. The average molecular weight is 420 g/mol. The zero-order valence-electron chi connectivity index (χ0n) is 14.8. The summed E-state index contributed by atoms with van der Waals surface area (Å²) in [4.78, 5) is 4.16. The molecule has 0 saturated heterocycles. The van der Waals surface area contributed by atoms with E-state index in [1.807, 2.05) is 6.07 Å². The van der Waals surface area contributed by atoms with Crippen molar-refractivity contribution in [1.29, 1.82) is 5.26 Å². The highest BCUT2D eigenvalue weighted by molar-refractivity contribution is 6.30. The first-order valence-electron chi connectivity index (χ1n) is 8.40. The van der Waals surface area contributed by atoms with Gasteiger partial charge in [-0.05, 0) is 53.6 Å². The molecule has 0 fully saturated rings. The number of halogens is 5. The Hall–Kier alpha value is -2.95. The summed E-state index contributed by atoms with van der Waals surface area (Å²) in [7, 11) is 0. The van der Waals surface area contributed by atoms with Crippen LogP contribution in [0.15, 0.2) is 60.8 Å². The predicted molar refractivity (Wildman–Crippen MR) is 100 cm³/mol. The van der Waals surface area contributed by atoms with Gasteiger partial charge in [0.15, 0.2) is 0 Å². The summed E-state index contributed by atoms with van der Waals surface area (Å²) in [5.41, 5.74) is 4.89. The van der Waals surface area contributed by atoms with Crippen molar-refractivity contribution in [3.63, 3.8) is 0 Å². The van der Waals surface area contributed by atoms with E-state index in [0.717, 1.165) is 12.1 Å². The van der Waals surface area contributed by atoms with Crippen LogP contribution in [0.2, 0.25) is 5.02 Å². The molecule has 0 saturated carbocycles. The molecule has 2 aromatic carbocycles. The summed E-state index contributed by atoms with van der Waals surface area (Å²) in [5, 5.41) is 9.42. The lowest BCUT2D eigenvalue weighted by Crippen LogP contribution is -2.41. The molecule has 0 radical (unpaired) electrons. The van der Waals surface area contributed by atoms with E-state index in [0.29, 0.717) is 22.2 Å². The molecular weight excluding hydrogens is 406 g/mol. The van der Waals surface area contributed by atoms with E-state index >= 15 is 0 Å². The molecular formula is C21H14ClF4N3. The second-order valence-electron chi connectivity index (χ2n) is 6.55. The summed E-state index contributed by atoms with van der Waals surface area (Å²) in [6.45, 7) is 0. The first kappa shape index (κ1) is 20.8. The summed E-state index contributed by atoms with van der Waals surface area (Å²) >= 11 is 5.87. The minimum atomic E-state index is -4.74. The van der Waals surface area contributed by atoms with Crippen molar-refractivity contribution in [2.24, 2.45) is 5.73 Å². The number of nitrogens with two attached hydrogens (primary N) is 1. The van der Waals surface area contributed by atoms with Gasteiger partial charge in [0.2, 0.25) is 0 Å². The van der Waals surface area contributed by atoms with Crippen molar-refractivity contribution >= 4 is 11.6 Å². The Bertz CT molecular complexity index is 1070. The number of nitriles is 1. The van der Waals surface area contributed by atoms with Crippen molar-refractivity contribution < 1.29 is 17.6 Å². The summed E-state index contributed by atoms with van der Waals surface area (Å²) < 4.78 is 53.8. The molecule has 8 heteroatoms. The molecule has 148 valence electrons. The van der Waals surface area contributed by atoms with Crippen LogP contribution in [0.25, 0.3) is 0 Å². The van der Waals surface area contributed by atoms with E-state index in [-0.39, 0.29) is 17.7 Å². The minimum Gasteiger partial charge on any atom is -0.316 e. The molecule has 0 aliphatic rings. The fourth-order valence-corrected chi connectivity index (χ4v) is 3.18. The summed E-state index contributed by atoms with van der Waals surface area (Å²) in [5.74, 6) is -1.07. The SMILES string of the molecule is N#Cc1cccc(CC(N)(c2cc(F)cc(C(F)(F)F)c2)c2ccc(Cl)cn2)c1. The third kappa shape index (κ3) is 4.56. The van der Waals surface area contributed by atoms with Gasteiger partial charge in [0.1, 0.15) is 5.82 Å². The summed E-state index contributed by atoms with van der Waals surface area (Å²) in [6.07, 6.45) is -3.45. The third-order valence-corrected chi connectivity index (χ3v) is 4.69. The van der Waals surface area contributed by atoms with Crippen molar-refractivity contribution in [2.75, 3.05) is 0 Å². The Balaban J connectivity index is 2.19. The highest BCUT2D eigenvalue weighted by Crippen LogP contribution is 2.36. The zero-order chi connectivity index (χ0) is 21.2. The number of aromatic nitrogens is 1. The van der Waals surface area contributed by atoms with Crippen molar-refractivity contribution in [1.82, 2.24) is 4.98 Å². The van der Waals surface area contributed by atoms with Crippen LogP contribution in [0.4, 0.5) is 17.6 Å². The molecule has 3 nitrogen and oxygen atoms in total. The van der Waals surface area contributed by atoms with Gasteiger partial charge in [-0.3, -0.25) is 4.98 Å². The maximum Gasteiger partial charge on any atom is 0.416 e. The number of hydrogen-bond acceptors (Lipinski definition) is 3. The van der Waals surface area contributed by atoms with Crippen LogP contribution in [0.1, 0.15) is 27.9 Å². The number of rotatable bonds is 4. The van der Waals surface area contributed by atoms with Gasteiger partial charge in [0, 0.05) is 12.6 Å². The number of pyridine rings is 1. The van der Waals surface area contributed by atoms with Gasteiger partial charge in [-0.1, -0.05) is 23.7 Å². The van der Waals surface area contributed by atoms with Gasteiger partial charge in [0.05, 0.1) is 33.5 Å². The molecule has 3 aromatic rings. The molecule has 0 spiro atoms. The quantitative estimate of drug-likeness (QED) is 0.590. The number of benzene rings is 2. The van der Waals surface area contributed by atoms with E-state index in [1.54, 1.807) is 24.3 Å². The molecule has 1 aromatic heterocycles. The Kier molecular flexibility index (Phi) is 5.60. The monoisotopic (exact) mass is 419 g/mol. The Morgan fingerprint density at radius 3 is 2.38 bits per heavy atom. The van der Waals surface area contributed by atoms with Crippen LogP contribution < -0.4 is 5.73 Å². The Labute approximate surface area is 169 Å². The standard InChI is InChI=1S/C21H14ClF4N3/c22-17-4-5-19(29-12-17)20(28,10-13-2-1-3-14(6-13)11-27)15-7-16(21(24,25)26)9-18(23)8-15/h1-9,12H,10,28H2. The van der Waals surface area contributed by atoms with Crippen LogP contribution >= 0.6 is 11.6 Å². The van der Waals surface area contributed by atoms with E-state index in [4.69, 9.17) is 22.6 Å². The van der Waals surface area contributed by atoms with Crippen LogP contribution in [-0.4, -0.2) is 4.98 Å². The van der Waals surface area contributed by atoms with Crippen LogP contribution in [-0.2, 0) is 18.1 Å². The van der Waals surface area contributed by atoms with Gasteiger partial charge >= 0.3 is 6.18 Å². The lowest BCUT2D eigenvalue weighted by molar-refractivity contribution is -0.137. The van der Waals surface area contributed by atoms with E-state index in [9.17, 15) is 17.6 Å². The molecule has 0 aliphatic heterocycles. The minimum absolute atomic E-state index is 0.0160. The maximum absolute atomic E-state index is 14.1. The largest absolute Gasteiger partial charge is 0.416 e. The van der Waals surface area contributed by atoms with Gasteiger partial charge in [-0.15, -0.1) is 0 Å². The van der Waals surface area contributed by atoms with Crippen LogP contribution in [0, 0.1) is 17.1 Å². The predicted octanol–water partition coefficient (Wildman–Crippen LogP) is 5.21. The van der Waals surface area contributed by atoms with Crippen molar-refractivity contribution in [3.8, 4) is 6.07 Å². The van der Waals surface area contributed by atoms with Gasteiger partial charge < -0.3 is 5.73 Å². The Morgan fingerprint density at radius 2 is 1.76 bits per heavy atom. The smallest absolute Gasteiger partial charge is 0.316 e. The van der Waals surface area contributed by atoms with Gasteiger partial charge in [0.25, 0.3) is 0 Å². The zero-order valence-corrected chi connectivity index (χ0v) is 15.6. The topological polar surface area (TPSA) is 62.7 Å². The molecule has 1 heterocycles. The molecule has 3 rings (SSSR count). The molecule has 0 amide bonds. The number of nitrogens with zero attached hydrogens (tertiary/aromatic N) is 2. The highest BCUT2D eigenvalue weighted by atomic mass is 35.5. The molecule has 1 atom stereocenters. The third-order valence-electron chi connectivity index (χ3n) is 4.46. The maximum atomic E-state index is 14.1. The second-order valence-corrected chi connectivity index (χ2v) is 6.98. The van der Waals surface area contributed by atoms with Crippen molar-refractivity contribution in [3.05, 3.63) is 99.6 Å².